The number of hydrogen-bond acceptors (Lipinski definition) is 6. The van der Waals surface area contributed by atoms with Crippen LogP contribution in [-0.2, 0) is 11.1 Å². The van der Waals surface area contributed by atoms with E-state index < -0.39 is 18.2 Å². The van der Waals surface area contributed by atoms with Crippen LogP contribution >= 0.6 is 77.7 Å². The molecule has 384 valence electrons. The van der Waals surface area contributed by atoms with E-state index in [1.54, 1.807) is 30.5 Å². The second kappa shape index (κ2) is 24.0. The van der Waals surface area contributed by atoms with Crippen molar-refractivity contribution in [2.45, 2.75) is 11.1 Å². The third-order valence-electron chi connectivity index (χ3n) is 13.2. The van der Waals surface area contributed by atoms with Crippen molar-refractivity contribution in [3.05, 3.63) is 311 Å². The molecule has 12 aromatic rings. The Morgan fingerprint density at radius 3 is 1.15 bits per heavy atom. The molecule has 16 heteroatoms. The molecule has 0 saturated heterocycles. The first kappa shape index (κ1) is 54.5. The van der Waals surface area contributed by atoms with Gasteiger partial charge in [-0.1, -0.05) is 205 Å². The molecule has 2 N–H and O–H groups in total. The van der Waals surface area contributed by atoms with E-state index in [1.165, 1.54) is 18.3 Å². The maximum absolute atomic E-state index is 15.2. The molecule has 4 heterocycles. The normalized spacial score (nSPS) is 11.4. The first-order valence-corrected chi connectivity index (χ1v) is 27.7. The van der Waals surface area contributed by atoms with Gasteiger partial charge in [0.05, 0.1) is 20.0 Å². The molecule has 8 aromatic carbocycles. The first-order chi connectivity index (χ1) is 37.9. The number of benzene rings is 8. The highest BCUT2D eigenvalue weighted by Gasteiger charge is 2.42. The van der Waals surface area contributed by atoms with Crippen LogP contribution in [0.4, 0.5) is 8.78 Å². The van der Waals surface area contributed by atoms with Crippen LogP contribution in [0, 0.1) is 15.3 Å². The van der Waals surface area contributed by atoms with Crippen LogP contribution in [0.5, 0.6) is 0 Å². The standard InChI is InChI=1S/C31H20BrClFN3.C26H17BrFIN2.C5H5BClNO2/c32-26-19-25-28(20-27(26)34)37(36-30(25)21-16-17-35-29(33)18-21)31(22-10-4-1-5-11-22,23-12-6-2-7-13-23)24-14-8-3-9-15-24;27-22-16-21-24(17-23(22)28)31(30-25(21)29)26(18-10-4-1-5-11-18,19-12-6-2-7-13-19)20-14-8-3-9-15-20;7-5-3-4(6(9)10)1-2-8-5/h1-20H;1-17H;1-3,9-10H. The van der Waals surface area contributed by atoms with Crippen molar-refractivity contribution in [1.29, 1.82) is 0 Å². The first-order valence-electron chi connectivity index (χ1n) is 24.3. The summed E-state index contributed by atoms with van der Waals surface area (Å²) in [5.74, 6) is -0.677. The van der Waals surface area contributed by atoms with E-state index in [-0.39, 0.29) is 16.8 Å². The second-order valence-corrected chi connectivity index (χ2v) is 21.3. The van der Waals surface area contributed by atoms with Crippen LogP contribution < -0.4 is 5.46 Å². The van der Waals surface area contributed by atoms with Gasteiger partial charge in [0.2, 0.25) is 0 Å². The Morgan fingerprint density at radius 2 is 0.795 bits per heavy atom. The van der Waals surface area contributed by atoms with Gasteiger partial charge in [0, 0.05) is 40.9 Å². The predicted octanol–water partition coefficient (Wildman–Crippen LogP) is 15.3. The van der Waals surface area contributed by atoms with E-state index in [4.69, 9.17) is 43.4 Å². The molecule has 0 aliphatic rings. The van der Waals surface area contributed by atoms with Gasteiger partial charge in [-0.2, -0.15) is 10.2 Å². The third-order valence-corrected chi connectivity index (χ3v) is 15.7. The summed E-state index contributed by atoms with van der Waals surface area (Å²) in [4.78, 5) is 7.80. The van der Waals surface area contributed by atoms with E-state index in [2.05, 4.69) is 137 Å². The molecule has 0 unspecified atom stereocenters. The Bertz CT molecular complexity index is 3810. The van der Waals surface area contributed by atoms with E-state index in [1.807, 2.05) is 131 Å². The molecular weight excluding hydrogens is 1270 g/mol. The van der Waals surface area contributed by atoms with Gasteiger partial charge in [0.1, 0.15) is 42.4 Å². The fourth-order valence-electron chi connectivity index (χ4n) is 9.84. The maximum Gasteiger partial charge on any atom is 0.488 e. The lowest BCUT2D eigenvalue weighted by Gasteiger charge is -2.37. The van der Waals surface area contributed by atoms with Crippen LogP contribution in [0.1, 0.15) is 33.4 Å². The SMILES string of the molecule is Fc1cc2c(cc1Br)c(-c1ccnc(Cl)c1)nn2C(c1ccccc1)(c1ccccc1)c1ccccc1.Fc1cc2c(cc1Br)c(I)nn2C(c1ccccc1)(c1ccccc1)c1ccccc1.OB(O)c1ccnc(Cl)c1. The third kappa shape index (κ3) is 10.7. The largest absolute Gasteiger partial charge is 0.488 e. The molecule has 0 spiro atoms. The average molecular weight is 1310 g/mol. The molecule has 78 heavy (non-hydrogen) atoms. The van der Waals surface area contributed by atoms with Gasteiger partial charge in [-0.3, -0.25) is 0 Å². The maximum atomic E-state index is 15.2. The predicted molar refractivity (Wildman–Crippen MR) is 324 cm³/mol. The van der Waals surface area contributed by atoms with Crippen molar-refractivity contribution in [1.82, 2.24) is 29.5 Å². The molecule has 0 amide bonds. The van der Waals surface area contributed by atoms with Gasteiger partial charge >= 0.3 is 7.12 Å². The zero-order chi connectivity index (χ0) is 54.4. The Hall–Kier alpha value is -6.89. The molecule has 8 nitrogen and oxygen atoms in total. The number of fused-ring (bicyclic) bond motifs is 2. The van der Waals surface area contributed by atoms with Crippen molar-refractivity contribution >= 4 is 112 Å². The lowest BCUT2D eigenvalue weighted by molar-refractivity contribution is 0.425. The van der Waals surface area contributed by atoms with Gasteiger partial charge in [-0.25, -0.2) is 28.1 Å². The molecule has 0 radical (unpaired) electrons. The van der Waals surface area contributed by atoms with Crippen molar-refractivity contribution in [2.24, 2.45) is 0 Å². The summed E-state index contributed by atoms with van der Waals surface area (Å²) < 4.78 is 35.5. The quantitative estimate of drug-likeness (QED) is 0.0612. The highest BCUT2D eigenvalue weighted by molar-refractivity contribution is 14.1. The van der Waals surface area contributed by atoms with Crippen molar-refractivity contribution in [3.8, 4) is 11.3 Å². The van der Waals surface area contributed by atoms with Crippen LogP contribution in [-0.4, -0.2) is 46.7 Å². The smallest absolute Gasteiger partial charge is 0.423 e. The summed E-state index contributed by atoms with van der Waals surface area (Å²) in [6.45, 7) is 0. The lowest BCUT2D eigenvalue weighted by atomic mass is 9.77. The highest BCUT2D eigenvalue weighted by atomic mass is 127. The van der Waals surface area contributed by atoms with Crippen LogP contribution in [0.3, 0.4) is 0 Å². The fraction of sp³-hybridized carbons (Fsp3) is 0.0323. The van der Waals surface area contributed by atoms with E-state index in [0.717, 1.165) is 58.9 Å². The van der Waals surface area contributed by atoms with Gasteiger partial charge < -0.3 is 10.0 Å². The Morgan fingerprint density at radius 1 is 0.449 bits per heavy atom. The Labute approximate surface area is 489 Å². The number of hydrogen-bond donors (Lipinski definition) is 2. The van der Waals surface area contributed by atoms with Crippen molar-refractivity contribution in [3.63, 3.8) is 0 Å². The van der Waals surface area contributed by atoms with E-state index in [9.17, 15) is 4.39 Å². The van der Waals surface area contributed by atoms with E-state index in [0.29, 0.717) is 30.8 Å². The van der Waals surface area contributed by atoms with E-state index >= 15 is 4.39 Å². The summed E-state index contributed by atoms with van der Waals surface area (Å²) in [5.41, 5.74) is 7.71. The number of halogens is 7. The van der Waals surface area contributed by atoms with Crippen molar-refractivity contribution < 1.29 is 18.8 Å². The number of rotatable bonds is 10. The molecule has 0 bridgehead atoms. The van der Waals surface area contributed by atoms with Gasteiger partial charge in [0.15, 0.2) is 0 Å². The molecule has 0 atom stereocenters. The molecule has 0 aliphatic carbocycles. The molecule has 0 aliphatic heterocycles. The minimum atomic E-state index is -1.47. The molecule has 4 aromatic heterocycles. The number of aromatic nitrogens is 6. The second-order valence-electron chi connectivity index (χ2n) is 17.8. The van der Waals surface area contributed by atoms with Crippen LogP contribution in [0.25, 0.3) is 33.1 Å². The highest BCUT2D eigenvalue weighted by Crippen LogP contribution is 2.46. The monoisotopic (exact) mass is 1310 g/mol. The van der Waals surface area contributed by atoms with Gasteiger partial charge in [0.25, 0.3) is 0 Å². The average Bonchev–Trinajstić information content (AvgIpc) is 4.17. The van der Waals surface area contributed by atoms with Crippen LogP contribution in [0.15, 0.2) is 252 Å². The van der Waals surface area contributed by atoms with Gasteiger partial charge in [-0.15, -0.1) is 0 Å². The minimum absolute atomic E-state index is 0.255. The zero-order valence-corrected chi connectivity index (χ0v) is 47.7. The van der Waals surface area contributed by atoms with Gasteiger partial charge in [-0.05, 0) is 130 Å². The molecule has 12 rings (SSSR count). The van der Waals surface area contributed by atoms with Crippen LogP contribution in [0.2, 0.25) is 10.3 Å². The Kier molecular flexibility index (Phi) is 16.8. The zero-order valence-electron chi connectivity index (χ0n) is 40.9. The number of nitrogens with zero attached hydrogens (tertiary/aromatic N) is 6. The molecule has 0 saturated carbocycles. The summed E-state index contributed by atoms with van der Waals surface area (Å²) >= 11 is 20.7. The Balaban J connectivity index is 0.000000152. The number of pyridine rings is 2. The summed E-state index contributed by atoms with van der Waals surface area (Å²) in [5, 5.41) is 29.8. The lowest BCUT2D eigenvalue weighted by Crippen LogP contribution is -2.38. The molecule has 0 fully saturated rings. The molecular formula is C62H42BBr2Cl2F2IN6O2. The van der Waals surface area contributed by atoms with Crippen molar-refractivity contribution in [2.75, 3.05) is 0 Å². The summed E-state index contributed by atoms with van der Waals surface area (Å²) in [6.07, 6.45) is 3.07. The minimum Gasteiger partial charge on any atom is -0.423 e. The fourth-order valence-corrected chi connectivity index (χ4v) is 11.5. The summed E-state index contributed by atoms with van der Waals surface area (Å²) in [6, 6.07) is 74.7. The summed E-state index contributed by atoms with van der Waals surface area (Å²) in [7, 11) is -1.47. The topological polar surface area (TPSA) is 102 Å².